The van der Waals surface area contributed by atoms with Crippen molar-refractivity contribution in [2.45, 2.75) is 39.0 Å². The lowest BCUT2D eigenvalue weighted by Gasteiger charge is -2.10. The van der Waals surface area contributed by atoms with Crippen molar-refractivity contribution in [1.82, 2.24) is 5.32 Å². The Balaban J connectivity index is 2.17. The van der Waals surface area contributed by atoms with Gasteiger partial charge >= 0.3 is 12.0 Å². The second kappa shape index (κ2) is 9.23. The average Bonchev–Trinajstić information content (AvgIpc) is 2.42. The first-order valence-electron chi connectivity index (χ1n) is 7.02. The highest BCUT2D eigenvalue weighted by Gasteiger charge is 2.05. The number of carboxylic acids is 1. The molecule has 6 heteroatoms. The SMILES string of the molecule is Cc1c(Cl)cccc1NC(=O)NCCCCCCC(=O)O. The molecule has 0 radical (unpaired) electrons. The zero-order valence-corrected chi connectivity index (χ0v) is 12.9. The van der Waals surface area contributed by atoms with Gasteiger partial charge in [-0.3, -0.25) is 4.79 Å². The van der Waals surface area contributed by atoms with E-state index in [2.05, 4.69) is 10.6 Å². The number of carboxylic acid groups (broad SMARTS) is 1. The van der Waals surface area contributed by atoms with Crippen LogP contribution in [0, 0.1) is 6.92 Å². The molecule has 0 aromatic heterocycles. The number of halogens is 1. The number of rotatable bonds is 8. The van der Waals surface area contributed by atoms with E-state index in [4.69, 9.17) is 16.7 Å². The molecule has 0 saturated heterocycles. The maximum Gasteiger partial charge on any atom is 0.319 e. The van der Waals surface area contributed by atoms with Crippen LogP contribution < -0.4 is 10.6 Å². The zero-order valence-electron chi connectivity index (χ0n) is 12.1. The van der Waals surface area contributed by atoms with Gasteiger partial charge < -0.3 is 15.7 Å². The van der Waals surface area contributed by atoms with Crippen molar-refractivity contribution in [3.8, 4) is 0 Å². The fraction of sp³-hybridized carbons (Fsp3) is 0.467. The summed E-state index contributed by atoms with van der Waals surface area (Å²) < 4.78 is 0. The molecule has 0 saturated carbocycles. The van der Waals surface area contributed by atoms with E-state index < -0.39 is 5.97 Å². The Morgan fingerprint density at radius 3 is 2.62 bits per heavy atom. The number of urea groups is 1. The molecule has 0 aliphatic carbocycles. The van der Waals surface area contributed by atoms with Crippen molar-refractivity contribution >= 4 is 29.3 Å². The summed E-state index contributed by atoms with van der Waals surface area (Å²) in [6.45, 7) is 2.42. The van der Waals surface area contributed by atoms with Crippen LogP contribution in [0.4, 0.5) is 10.5 Å². The predicted molar refractivity (Wildman–Crippen MR) is 83.9 cm³/mol. The molecule has 3 N–H and O–H groups in total. The van der Waals surface area contributed by atoms with Gasteiger partial charge in [0.15, 0.2) is 0 Å². The van der Waals surface area contributed by atoms with E-state index in [1.807, 2.05) is 6.92 Å². The number of carbonyl (C=O) groups excluding carboxylic acids is 1. The van der Waals surface area contributed by atoms with E-state index in [0.717, 1.165) is 24.8 Å². The number of anilines is 1. The minimum atomic E-state index is -0.760. The molecule has 2 amide bonds. The lowest BCUT2D eigenvalue weighted by atomic mass is 10.1. The van der Waals surface area contributed by atoms with Crippen molar-refractivity contribution in [3.63, 3.8) is 0 Å². The topological polar surface area (TPSA) is 78.4 Å². The van der Waals surface area contributed by atoms with Gasteiger partial charge in [-0.1, -0.05) is 30.5 Å². The number of hydrogen-bond donors (Lipinski definition) is 3. The Bertz CT molecular complexity index is 492. The van der Waals surface area contributed by atoms with Gasteiger partial charge in [0.1, 0.15) is 0 Å². The van der Waals surface area contributed by atoms with Crippen LogP contribution in [0.5, 0.6) is 0 Å². The second-order valence-electron chi connectivity index (χ2n) is 4.85. The summed E-state index contributed by atoms with van der Waals surface area (Å²) in [5.74, 6) is -0.760. The monoisotopic (exact) mass is 312 g/mol. The van der Waals surface area contributed by atoms with Crippen LogP contribution in [0.15, 0.2) is 18.2 Å². The molecule has 1 aromatic carbocycles. The molecule has 0 bridgehead atoms. The number of nitrogens with one attached hydrogen (secondary N) is 2. The summed E-state index contributed by atoms with van der Waals surface area (Å²) in [6.07, 6.45) is 3.50. The van der Waals surface area contributed by atoms with Crippen molar-refractivity contribution in [2.75, 3.05) is 11.9 Å². The van der Waals surface area contributed by atoms with Crippen LogP contribution in [0.3, 0.4) is 0 Å². The van der Waals surface area contributed by atoms with Gasteiger partial charge in [-0.05, 0) is 37.5 Å². The molecule has 116 valence electrons. The quantitative estimate of drug-likeness (QED) is 0.639. The van der Waals surface area contributed by atoms with Crippen LogP contribution in [0.2, 0.25) is 5.02 Å². The summed E-state index contributed by atoms with van der Waals surface area (Å²) in [7, 11) is 0. The zero-order chi connectivity index (χ0) is 15.7. The molecule has 1 rings (SSSR count). The Hall–Kier alpha value is -1.75. The highest BCUT2D eigenvalue weighted by molar-refractivity contribution is 6.31. The minimum absolute atomic E-state index is 0.210. The van der Waals surface area contributed by atoms with Crippen LogP contribution in [0.25, 0.3) is 0 Å². The summed E-state index contributed by atoms with van der Waals surface area (Å²) in [5, 5.41) is 14.6. The average molecular weight is 313 g/mol. The lowest BCUT2D eigenvalue weighted by molar-refractivity contribution is -0.137. The van der Waals surface area contributed by atoms with Crippen LogP contribution >= 0.6 is 11.6 Å². The van der Waals surface area contributed by atoms with E-state index in [9.17, 15) is 9.59 Å². The third-order valence-corrected chi connectivity index (χ3v) is 3.53. The smallest absolute Gasteiger partial charge is 0.319 e. The molecular formula is C15H21ClN2O3. The third-order valence-electron chi connectivity index (χ3n) is 3.12. The first kappa shape index (κ1) is 17.3. The molecular weight excluding hydrogens is 292 g/mol. The maximum absolute atomic E-state index is 11.7. The van der Waals surface area contributed by atoms with Gasteiger partial charge in [0.25, 0.3) is 0 Å². The first-order valence-corrected chi connectivity index (χ1v) is 7.40. The van der Waals surface area contributed by atoms with Gasteiger partial charge in [-0.25, -0.2) is 4.79 Å². The van der Waals surface area contributed by atoms with Crippen molar-refractivity contribution < 1.29 is 14.7 Å². The van der Waals surface area contributed by atoms with Crippen LogP contribution in [-0.4, -0.2) is 23.7 Å². The van der Waals surface area contributed by atoms with Gasteiger partial charge in [0, 0.05) is 23.7 Å². The molecule has 21 heavy (non-hydrogen) atoms. The maximum atomic E-state index is 11.7. The third kappa shape index (κ3) is 6.99. The first-order chi connectivity index (χ1) is 10.0. The largest absolute Gasteiger partial charge is 0.481 e. The lowest BCUT2D eigenvalue weighted by Crippen LogP contribution is -2.29. The Morgan fingerprint density at radius 1 is 1.19 bits per heavy atom. The van der Waals surface area contributed by atoms with E-state index in [1.165, 1.54) is 0 Å². The minimum Gasteiger partial charge on any atom is -0.481 e. The van der Waals surface area contributed by atoms with Crippen LogP contribution in [-0.2, 0) is 4.79 Å². The highest BCUT2D eigenvalue weighted by atomic mass is 35.5. The van der Waals surface area contributed by atoms with Gasteiger partial charge in [0.2, 0.25) is 0 Å². The van der Waals surface area contributed by atoms with E-state index in [-0.39, 0.29) is 12.5 Å². The number of carbonyl (C=O) groups is 2. The Morgan fingerprint density at radius 2 is 1.90 bits per heavy atom. The molecule has 0 heterocycles. The molecule has 0 atom stereocenters. The van der Waals surface area contributed by atoms with E-state index in [0.29, 0.717) is 23.7 Å². The number of hydrogen-bond acceptors (Lipinski definition) is 2. The van der Waals surface area contributed by atoms with Crippen molar-refractivity contribution in [3.05, 3.63) is 28.8 Å². The van der Waals surface area contributed by atoms with E-state index in [1.54, 1.807) is 18.2 Å². The molecule has 5 nitrogen and oxygen atoms in total. The van der Waals surface area contributed by atoms with Crippen molar-refractivity contribution in [1.29, 1.82) is 0 Å². The standard InChI is InChI=1S/C15H21ClN2O3/c1-11-12(16)7-6-8-13(11)18-15(21)17-10-5-3-2-4-9-14(19)20/h6-8H,2-5,9-10H2,1H3,(H,19,20)(H2,17,18,21). The molecule has 1 aromatic rings. The number of amides is 2. The highest BCUT2D eigenvalue weighted by Crippen LogP contribution is 2.22. The molecule has 0 aliphatic rings. The van der Waals surface area contributed by atoms with Gasteiger partial charge in [0.05, 0.1) is 0 Å². The molecule has 0 fully saturated rings. The number of unbranched alkanes of at least 4 members (excludes halogenated alkanes) is 3. The fourth-order valence-electron chi connectivity index (χ4n) is 1.87. The Labute approximate surface area is 129 Å². The van der Waals surface area contributed by atoms with Gasteiger partial charge in [-0.2, -0.15) is 0 Å². The summed E-state index contributed by atoms with van der Waals surface area (Å²) in [5.41, 5.74) is 1.53. The van der Waals surface area contributed by atoms with Gasteiger partial charge in [-0.15, -0.1) is 0 Å². The Kier molecular flexibility index (Phi) is 7.61. The summed E-state index contributed by atoms with van der Waals surface area (Å²) >= 11 is 5.98. The normalized spacial score (nSPS) is 10.2. The molecule has 0 spiro atoms. The predicted octanol–water partition coefficient (Wildman–Crippen LogP) is 3.81. The number of aliphatic carboxylic acids is 1. The summed E-state index contributed by atoms with van der Waals surface area (Å²) in [6, 6.07) is 5.10. The van der Waals surface area contributed by atoms with E-state index >= 15 is 0 Å². The number of benzene rings is 1. The summed E-state index contributed by atoms with van der Waals surface area (Å²) in [4.78, 5) is 22.0. The molecule has 0 aliphatic heterocycles. The second-order valence-corrected chi connectivity index (χ2v) is 5.26. The molecule has 0 unspecified atom stereocenters. The van der Waals surface area contributed by atoms with Crippen LogP contribution in [0.1, 0.15) is 37.7 Å². The van der Waals surface area contributed by atoms with Crippen molar-refractivity contribution in [2.24, 2.45) is 0 Å². The fourth-order valence-corrected chi connectivity index (χ4v) is 2.04.